The summed E-state index contributed by atoms with van der Waals surface area (Å²) in [5, 5.41) is 0. The van der Waals surface area contributed by atoms with Crippen LogP contribution in [-0.4, -0.2) is 12.1 Å². The fourth-order valence-electron chi connectivity index (χ4n) is 1.54. The van der Waals surface area contributed by atoms with Crippen LogP contribution in [0, 0.1) is 0 Å². The summed E-state index contributed by atoms with van der Waals surface area (Å²) in [5.41, 5.74) is 0.749. The highest BCUT2D eigenvalue weighted by molar-refractivity contribution is 5.87. The van der Waals surface area contributed by atoms with E-state index in [1.165, 1.54) is 12.8 Å². The van der Waals surface area contributed by atoms with Gasteiger partial charge >= 0.3 is 5.97 Å². The van der Waals surface area contributed by atoms with Crippen molar-refractivity contribution in [1.82, 2.24) is 0 Å². The minimum atomic E-state index is -0.155. The second kappa shape index (κ2) is 9.44. The second-order valence-electron chi connectivity index (χ2n) is 4.39. The minimum Gasteiger partial charge on any atom is -0.459 e. The summed E-state index contributed by atoms with van der Waals surface area (Å²) in [4.78, 5) is 11.6. The van der Waals surface area contributed by atoms with Gasteiger partial charge in [0, 0.05) is 5.57 Å². The van der Waals surface area contributed by atoms with Crippen molar-refractivity contribution < 1.29 is 9.53 Å². The summed E-state index contributed by atoms with van der Waals surface area (Å²) in [7, 11) is 0. The highest BCUT2D eigenvalue weighted by atomic mass is 16.5. The lowest BCUT2D eigenvalue weighted by atomic mass is 10.1. The number of esters is 1. The Labute approximate surface area is 100 Å². The molecular weight excluding hydrogens is 200 g/mol. The molecule has 0 saturated carbocycles. The Hall–Kier alpha value is -0.790. The molecule has 0 aromatic carbocycles. The zero-order valence-corrected chi connectivity index (χ0v) is 11.2. The number of rotatable bonds is 8. The lowest BCUT2D eigenvalue weighted by Crippen LogP contribution is -2.15. The van der Waals surface area contributed by atoms with Gasteiger partial charge in [0.1, 0.15) is 0 Å². The van der Waals surface area contributed by atoms with Crippen molar-refractivity contribution in [2.24, 2.45) is 0 Å². The number of hydrogen-bond donors (Lipinski definition) is 0. The van der Waals surface area contributed by atoms with E-state index in [4.69, 9.17) is 4.74 Å². The Morgan fingerprint density at radius 2 is 1.94 bits per heavy atom. The fraction of sp³-hybridized carbons (Fsp3) is 0.786. The summed E-state index contributed by atoms with van der Waals surface area (Å²) in [5.74, 6) is -0.155. The van der Waals surface area contributed by atoms with Gasteiger partial charge in [0.2, 0.25) is 0 Å². The summed E-state index contributed by atoms with van der Waals surface area (Å²) in [6.07, 6.45) is 8.61. The Balaban J connectivity index is 3.87. The van der Waals surface area contributed by atoms with Gasteiger partial charge in [-0.3, -0.25) is 0 Å². The molecule has 0 aromatic heterocycles. The van der Waals surface area contributed by atoms with Crippen LogP contribution in [-0.2, 0) is 9.53 Å². The Morgan fingerprint density at radius 1 is 1.25 bits per heavy atom. The topological polar surface area (TPSA) is 26.3 Å². The SMILES string of the molecule is CCCCCC=C(C)C(=O)OC(C)CCC. The maximum Gasteiger partial charge on any atom is 0.333 e. The van der Waals surface area contributed by atoms with Gasteiger partial charge in [0.15, 0.2) is 0 Å². The predicted octanol–water partition coefficient (Wildman–Crippen LogP) is 4.24. The molecule has 0 radical (unpaired) electrons. The molecule has 1 unspecified atom stereocenters. The summed E-state index contributed by atoms with van der Waals surface area (Å²) >= 11 is 0. The molecular formula is C14H26O2. The first-order valence-electron chi connectivity index (χ1n) is 6.49. The molecule has 0 fully saturated rings. The maximum absolute atomic E-state index is 11.6. The van der Waals surface area contributed by atoms with E-state index in [-0.39, 0.29) is 12.1 Å². The molecule has 0 aromatic rings. The predicted molar refractivity (Wildman–Crippen MR) is 68.4 cm³/mol. The molecule has 16 heavy (non-hydrogen) atoms. The molecule has 1 atom stereocenters. The van der Waals surface area contributed by atoms with Gasteiger partial charge in [0.25, 0.3) is 0 Å². The van der Waals surface area contributed by atoms with Crippen molar-refractivity contribution in [1.29, 1.82) is 0 Å². The third kappa shape index (κ3) is 7.49. The van der Waals surface area contributed by atoms with E-state index >= 15 is 0 Å². The van der Waals surface area contributed by atoms with Crippen LogP contribution in [0.25, 0.3) is 0 Å². The quantitative estimate of drug-likeness (QED) is 0.351. The Bertz CT molecular complexity index is 219. The van der Waals surface area contributed by atoms with Crippen molar-refractivity contribution in [3.05, 3.63) is 11.6 Å². The molecule has 0 aliphatic heterocycles. The highest BCUT2D eigenvalue weighted by Gasteiger charge is 2.09. The van der Waals surface area contributed by atoms with E-state index in [1.54, 1.807) is 0 Å². The Morgan fingerprint density at radius 3 is 2.50 bits per heavy atom. The van der Waals surface area contributed by atoms with Crippen LogP contribution in [0.2, 0.25) is 0 Å². The fourth-order valence-corrected chi connectivity index (χ4v) is 1.54. The van der Waals surface area contributed by atoms with Crippen LogP contribution in [0.5, 0.6) is 0 Å². The van der Waals surface area contributed by atoms with E-state index in [0.29, 0.717) is 0 Å². The zero-order valence-electron chi connectivity index (χ0n) is 11.2. The van der Waals surface area contributed by atoms with E-state index < -0.39 is 0 Å². The number of ether oxygens (including phenoxy) is 1. The maximum atomic E-state index is 11.6. The van der Waals surface area contributed by atoms with Gasteiger partial charge in [-0.1, -0.05) is 39.2 Å². The van der Waals surface area contributed by atoms with Crippen LogP contribution in [0.3, 0.4) is 0 Å². The van der Waals surface area contributed by atoms with Crippen LogP contribution >= 0.6 is 0 Å². The van der Waals surface area contributed by atoms with Crippen LogP contribution < -0.4 is 0 Å². The Kier molecular flexibility index (Phi) is 8.97. The van der Waals surface area contributed by atoms with Crippen molar-refractivity contribution in [2.75, 3.05) is 0 Å². The van der Waals surface area contributed by atoms with Gasteiger partial charge in [-0.05, 0) is 33.1 Å². The van der Waals surface area contributed by atoms with E-state index in [1.807, 2.05) is 19.9 Å². The molecule has 0 rings (SSSR count). The smallest absolute Gasteiger partial charge is 0.333 e. The normalized spacial score (nSPS) is 13.6. The molecule has 0 aliphatic rings. The third-order valence-electron chi connectivity index (χ3n) is 2.58. The molecule has 0 aliphatic carbocycles. The van der Waals surface area contributed by atoms with Gasteiger partial charge in [-0.2, -0.15) is 0 Å². The largest absolute Gasteiger partial charge is 0.459 e. The summed E-state index contributed by atoms with van der Waals surface area (Å²) in [6.45, 7) is 8.06. The molecule has 0 bridgehead atoms. The highest BCUT2D eigenvalue weighted by Crippen LogP contribution is 2.08. The lowest BCUT2D eigenvalue weighted by molar-refractivity contribution is -0.143. The van der Waals surface area contributed by atoms with Crippen LogP contribution in [0.4, 0.5) is 0 Å². The zero-order chi connectivity index (χ0) is 12.4. The number of allylic oxidation sites excluding steroid dienone is 1. The van der Waals surface area contributed by atoms with E-state index in [0.717, 1.165) is 31.3 Å². The molecule has 2 heteroatoms. The van der Waals surface area contributed by atoms with Crippen LogP contribution in [0.1, 0.15) is 66.2 Å². The number of carbonyl (C=O) groups is 1. The molecule has 0 amide bonds. The van der Waals surface area contributed by atoms with Crippen molar-refractivity contribution in [3.8, 4) is 0 Å². The molecule has 94 valence electrons. The first-order chi connectivity index (χ1) is 7.61. The third-order valence-corrected chi connectivity index (χ3v) is 2.58. The molecule has 2 nitrogen and oxygen atoms in total. The van der Waals surface area contributed by atoms with E-state index in [9.17, 15) is 4.79 Å². The molecule has 0 heterocycles. The van der Waals surface area contributed by atoms with Gasteiger partial charge in [-0.15, -0.1) is 0 Å². The monoisotopic (exact) mass is 226 g/mol. The minimum absolute atomic E-state index is 0.0384. The first kappa shape index (κ1) is 15.2. The average molecular weight is 226 g/mol. The number of hydrogen-bond acceptors (Lipinski definition) is 2. The van der Waals surface area contributed by atoms with Crippen molar-refractivity contribution in [3.63, 3.8) is 0 Å². The summed E-state index contributed by atoms with van der Waals surface area (Å²) < 4.78 is 5.30. The van der Waals surface area contributed by atoms with Gasteiger partial charge < -0.3 is 4.74 Å². The van der Waals surface area contributed by atoms with Crippen molar-refractivity contribution >= 4 is 5.97 Å². The standard InChI is InChI=1S/C14H26O2/c1-5-7-8-9-11-12(3)14(15)16-13(4)10-6-2/h11,13H,5-10H2,1-4H3. The number of unbranched alkanes of at least 4 members (excludes halogenated alkanes) is 3. The number of carbonyl (C=O) groups excluding carboxylic acids is 1. The molecule has 0 spiro atoms. The van der Waals surface area contributed by atoms with Gasteiger partial charge in [0.05, 0.1) is 6.10 Å². The summed E-state index contributed by atoms with van der Waals surface area (Å²) in [6, 6.07) is 0. The first-order valence-corrected chi connectivity index (χ1v) is 6.49. The average Bonchev–Trinajstić information content (AvgIpc) is 2.24. The van der Waals surface area contributed by atoms with E-state index in [2.05, 4.69) is 13.8 Å². The van der Waals surface area contributed by atoms with Crippen molar-refractivity contribution in [2.45, 2.75) is 72.3 Å². The van der Waals surface area contributed by atoms with Crippen LogP contribution in [0.15, 0.2) is 11.6 Å². The second-order valence-corrected chi connectivity index (χ2v) is 4.39. The lowest BCUT2D eigenvalue weighted by Gasteiger charge is -2.12. The van der Waals surface area contributed by atoms with Gasteiger partial charge in [-0.25, -0.2) is 4.79 Å². The molecule has 0 N–H and O–H groups in total. The molecule has 0 saturated heterocycles.